The summed E-state index contributed by atoms with van der Waals surface area (Å²) in [6, 6.07) is 6.84. The van der Waals surface area contributed by atoms with Gasteiger partial charge in [0.05, 0.1) is 11.1 Å². The quantitative estimate of drug-likeness (QED) is 0.457. The second kappa shape index (κ2) is 5.79. The van der Waals surface area contributed by atoms with Crippen LogP contribution in [0.5, 0.6) is 5.75 Å². The molecule has 0 atom stereocenters. The number of esters is 1. The zero-order valence-corrected chi connectivity index (χ0v) is 11.8. The fraction of sp³-hybridized carbons (Fsp3) is 0.188. The molecule has 0 aromatic heterocycles. The Morgan fingerprint density at radius 2 is 1.68 bits per heavy atom. The topological polar surface area (TPSA) is 26.3 Å². The molecule has 2 rings (SSSR count). The van der Waals surface area contributed by atoms with E-state index in [1.54, 1.807) is 18.2 Å². The summed E-state index contributed by atoms with van der Waals surface area (Å²) in [5, 5.41) is 0. The van der Waals surface area contributed by atoms with E-state index in [4.69, 9.17) is 4.74 Å². The highest BCUT2D eigenvalue weighted by Crippen LogP contribution is 2.31. The first kappa shape index (κ1) is 16.0. The number of alkyl halides is 3. The fourth-order valence-corrected chi connectivity index (χ4v) is 1.82. The van der Waals surface area contributed by atoms with Crippen molar-refractivity contribution in [2.24, 2.45) is 0 Å². The van der Waals surface area contributed by atoms with Crippen molar-refractivity contribution in [2.45, 2.75) is 20.0 Å². The molecular weight excluding hydrogens is 300 g/mol. The Balaban J connectivity index is 2.23. The summed E-state index contributed by atoms with van der Waals surface area (Å²) in [5.74, 6) is -2.19. The van der Waals surface area contributed by atoms with Crippen LogP contribution in [-0.4, -0.2) is 5.97 Å². The number of hydrogen-bond donors (Lipinski definition) is 0. The highest BCUT2D eigenvalue weighted by molar-refractivity contribution is 5.91. The summed E-state index contributed by atoms with van der Waals surface area (Å²) < 4.78 is 55.8. The van der Waals surface area contributed by atoms with Crippen LogP contribution in [-0.2, 0) is 6.18 Å². The average molecular weight is 312 g/mol. The van der Waals surface area contributed by atoms with Gasteiger partial charge in [0.1, 0.15) is 11.6 Å². The van der Waals surface area contributed by atoms with E-state index in [1.807, 2.05) is 13.8 Å². The minimum atomic E-state index is -4.80. The normalized spacial score (nSPS) is 11.4. The molecule has 2 aromatic rings. The van der Waals surface area contributed by atoms with Crippen molar-refractivity contribution < 1.29 is 27.1 Å². The monoisotopic (exact) mass is 312 g/mol. The largest absolute Gasteiger partial charge is 0.423 e. The van der Waals surface area contributed by atoms with E-state index in [1.165, 1.54) is 0 Å². The zero-order valence-electron chi connectivity index (χ0n) is 11.8. The number of carbonyl (C=O) groups is 1. The van der Waals surface area contributed by atoms with Gasteiger partial charge in [0.15, 0.2) is 0 Å². The first-order chi connectivity index (χ1) is 10.2. The molecule has 0 aliphatic rings. The average Bonchev–Trinajstić information content (AvgIpc) is 2.41. The van der Waals surface area contributed by atoms with Crippen LogP contribution in [0.15, 0.2) is 36.4 Å². The van der Waals surface area contributed by atoms with Crippen molar-refractivity contribution in [1.82, 2.24) is 0 Å². The standard InChI is InChI=1S/C16H12F4O2/c1-9-3-5-12(7-10(9)2)22-15(21)11-4-6-13(14(17)8-11)16(18,19)20/h3-8H,1-2H3. The van der Waals surface area contributed by atoms with Crippen molar-refractivity contribution in [3.05, 3.63) is 64.5 Å². The van der Waals surface area contributed by atoms with Crippen molar-refractivity contribution >= 4 is 5.97 Å². The molecular formula is C16H12F4O2. The van der Waals surface area contributed by atoms with Crippen LogP contribution in [0.4, 0.5) is 17.6 Å². The smallest absolute Gasteiger partial charge is 0.419 e. The van der Waals surface area contributed by atoms with E-state index in [0.29, 0.717) is 12.1 Å². The minimum absolute atomic E-state index is 0.244. The number of benzene rings is 2. The van der Waals surface area contributed by atoms with Crippen LogP contribution >= 0.6 is 0 Å². The molecule has 0 saturated heterocycles. The van der Waals surface area contributed by atoms with Gasteiger partial charge in [0, 0.05) is 0 Å². The van der Waals surface area contributed by atoms with E-state index in [0.717, 1.165) is 17.2 Å². The summed E-state index contributed by atoms with van der Waals surface area (Å²) in [6.07, 6.45) is -4.80. The molecule has 0 heterocycles. The lowest BCUT2D eigenvalue weighted by molar-refractivity contribution is -0.140. The SMILES string of the molecule is Cc1ccc(OC(=O)c2ccc(C(F)(F)F)c(F)c2)cc1C. The Morgan fingerprint density at radius 1 is 1.00 bits per heavy atom. The highest BCUT2D eigenvalue weighted by Gasteiger charge is 2.34. The molecule has 6 heteroatoms. The second-order valence-corrected chi connectivity index (χ2v) is 4.83. The van der Waals surface area contributed by atoms with E-state index in [2.05, 4.69) is 0 Å². The summed E-state index contributed by atoms with van der Waals surface area (Å²) in [6.45, 7) is 3.70. The first-order valence-corrected chi connectivity index (χ1v) is 6.34. The summed E-state index contributed by atoms with van der Waals surface area (Å²) in [4.78, 5) is 11.9. The molecule has 22 heavy (non-hydrogen) atoms. The second-order valence-electron chi connectivity index (χ2n) is 4.83. The van der Waals surface area contributed by atoms with Crippen molar-refractivity contribution in [3.8, 4) is 5.75 Å². The van der Waals surface area contributed by atoms with Crippen LogP contribution in [0.3, 0.4) is 0 Å². The summed E-state index contributed by atoms with van der Waals surface area (Å²) >= 11 is 0. The molecule has 0 bridgehead atoms. The van der Waals surface area contributed by atoms with Gasteiger partial charge < -0.3 is 4.74 Å². The first-order valence-electron chi connectivity index (χ1n) is 6.34. The molecule has 116 valence electrons. The third-order valence-corrected chi connectivity index (χ3v) is 3.20. The van der Waals surface area contributed by atoms with Gasteiger partial charge in [0.2, 0.25) is 0 Å². The Bertz CT molecular complexity index is 721. The van der Waals surface area contributed by atoms with Gasteiger partial charge in [-0.25, -0.2) is 9.18 Å². The number of ether oxygens (including phenoxy) is 1. The van der Waals surface area contributed by atoms with E-state index in [9.17, 15) is 22.4 Å². The number of carbonyl (C=O) groups excluding carboxylic acids is 1. The Kier molecular flexibility index (Phi) is 4.21. The molecule has 2 aromatic carbocycles. The summed E-state index contributed by atoms with van der Waals surface area (Å²) in [5.41, 5.74) is 0.184. The Labute approximate surface area is 124 Å². The van der Waals surface area contributed by atoms with Gasteiger partial charge >= 0.3 is 12.1 Å². The van der Waals surface area contributed by atoms with E-state index in [-0.39, 0.29) is 11.3 Å². The third kappa shape index (κ3) is 3.44. The molecule has 0 fully saturated rings. The van der Waals surface area contributed by atoms with Gasteiger partial charge in [-0.05, 0) is 55.3 Å². The lowest BCUT2D eigenvalue weighted by atomic mass is 10.1. The van der Waals surface area contributed by atoms with Crippen LogP contribution in [0.2, 0.25) is 0 Å². The highest BCUT2D eigenvalue weighted by atomic mass is 19.4. The predicted octanol–water partition coefficient (Wildman–Crippen LogP) is 4.68. The van der Waals surface area contributed by atoms with Crippen LogP contribution in [0.25, 0.3) is 0 Å². The van der Waals surface area contributed by atoms with E-state index < -0.39 is 23.5 Å². The van der Waals surface area contributed by atoms with Gasteiger partial charge in [-0.1, -0.05) is 6.07 Å². The van der Waals surface area contributed by atoms with Crippen molar-refractivity contribution in [3.63, 3.8) is 0 Å². The van der Waals surface area contributed by atoms with E-state index >= 15 is 0 Å². The maximum absolute atomic E-state index is 13.4. The molecule has 0 spiro atoms. The third-order valence-electron chi connectivity index (χ3n) is 3.20. The number of hydrogen-bond acceptors (Lipinski definition) is 2. The number of aryl methyl sites for hydroxylation is 2. The molecule has 0 unspecified atom stereocenters. The number of rotatable bonds is 2. The van der Waals surface area contributed by atoms with Gasteiger partial charge in [-0.3, -0.25) is 0 Å². The predicted molar refractivity (Wildman–Crippen MR) is 72.3 cm³/mol. The van der Waals surface area contributed by atoms with Crippen molar-refractivity contribution in [1.29, 1.82) is 0 Å². The summed E-state index contributed by atoms with van der Waals surface area (Å²) in [7, 11) is 0. The molecule has 0 radical (unpaired) electrons. The van der Waals surface area contributed by atoms with Crippen LogP contribution in [0, 0.1) is 19.7 Å². The Hall–Kier alpha value is -2.37. The molecule has 2 nitrogen and oxygen atoms in total. The van der Waals surface area contributed by atoms with Gasteiger partial charge in [-0.15, -0.1) is 0 Å². The van der Waals surface area contributed by atoms with Gasteiger partial charge in [-0.2, -0.15) is 13.2 Å². The maximum Gasteiger partial charge on any atom is 0.419 e. The molecule has 0 aliphatic heterocycles. The number of halogens is 4. The maximum atomic E-state index is 13.4. The molecule has 0 saturated carbocycles. The fourth-order valence-electron chi connectivity index (χ4n) is 1.82. The Morgan fingerprint density at radius 3 is 2.23 bits per heavy atom. The minimum Gasteiger partial charge on any atom is -0.423 e. The van der Waals surface area contributed by atoms with Crippen LogP contribution in [0.1, 0.15) is 27.0 Å². The lowest BCUT2D eigenvalue weighted by Crippen LogP contribution is -2.12. The molecule has 0 aliphatic carbocycles. The molecule has 0 N–H and O–H groups in total. The zero-order chi connectivity index (χ0) is 16.5. The van der Waals surface area contributed by atoms with Crippen molar-refractivity contribution in [2.75, 3.05) is 0 Å². The lowest BCUT2D eigenvalue weighted by Gasteiger charge is -2.10. The van der Waals surface area contributed by atoms with Gasteiger partial charge in [0.25, 0.3) is 0 Å². The van der Waals surface area contributed by atoms with Crippen LogP contribution < -0.4 is 4.74 Å². The molecule has 0 amide bonds.